The fourth-order valence-corrected chi connectivity index (χ4v) is 1.80. The Bertz CT molecular complexity index is 594. The molecule has 0 bridgehead atoms. The molecule has 0 amide bonds. The van der Waals surface area contributed by atoms with Crippen LogP contribution in [0.4, 0.5) is 5.69 Å². The van der Waals surface area contributed by atoms with E-state index in [2.05, 4.69) is 21.7 Å². The molecule has 0 aliphatic carbocycles. The van der Waals surface area contributed by atoms with Crippen molar-refractivity contribution in [2.75, 3.05) is 12.4 Å². The van der Waals surface area contributed by atoms with Crippen LogP contribution in [0.3, 0.4) is 0 Å². The zero-order chi connectivity index (χ0) is 12.3. The monoisotopic (exact) mass is 244 g/mol. The zero-order valence-corrected chi connectivity index (χ0v) is 10.2. The molecule has 0 saturated heterocycles. The molecule has 2 rings (SSSR count). The summed E-state index contributed by atoms with van der Waals surface area (Å²) in [5, 5.41) is 16.3. The number of aromatic nitrogens is 1. The van der Waals surface area contributed by atoms with E-state index in [-0.39, 0.29) is 0 Å². The topological polar surface area (TPSA) is 63.6 Å². The predicted molar refractivity (Wildman–Crippen MR) is 72.9 cm³/mol. The SMILES string of the molecule is CNC(=S)Nc1ccc2[nH]cc(CC#N)c2c1. The lowest BCUT2D eigenvalue weighted by Gasteiger charge is -2.07. The van der Waals surface area contributed by atoms with E-state index in [1.807, 2.05) is 24.4 Å². The van der Waals surface area contributed by atoms with Gasteiger partial charge in [-0.15, -0.1) is 0 Å². The summed E-state index contributed by atoms with van der Waals surface area (Å²) in [4.78, 5) is 3.14. The highest BCUT2D eigenvalue weighted by atomic mass is 32.1. The Morgan fingerprint density at radius 2 is 2.35 bits per heavy atom. The van der Waals surface area contributed by atoms with Gasteiger partial charge in [-0.25, -0.2) is 0 Å². The van der Waals surface area contributed by atoms with Crippen molar-refractivity contribution in [3.05, 3.63) is 30.0 Å². The van der Waals surface area contributed by atoms with E-state index in [0.717, 1.165) is 22.2 Å². The molecule has 5 heteroatoms. The van der Waals surface area contributed by atoms with E-state index in [1.54, 1.807) is 7.05 Å². The first-order valence-corrected chi connectivity index (χ1v) is 5.61. The predicted octanol–water partition coefficient (Wildman–Crippen LogP) is 2.15. The minimum Gasteiger partial charge on any atom is -0.366 e. The molecule has 0 radical (unpaired) electrons. The van der Waals surface area contributed by atoms with Crippen molar-refractivity contribution in [3.63, 3.8) is 0 Å². The molecule has 0 fully saturated rings. The van der Waals surface area contributed by atoms with Crippen molar-refractivity contribution in [2.24, 2.45) is 0 Å². The van der Waals surface area contributed by atoms with Crippen molar-refractivity contribution in [3.8, 4) is 6.07 Å². The number of anilines is 1. The van der Waals surface area contributed by atoms with Gasteiger partial charge in [0.15, 0.2) is 5.11 Å². The average Bonchev–Trinajstić information content (AvgIpc) is 2.73. The highest BCUT2D eigenvalue weighted by Gasteiger charge is 2.04. The number of thiocarbonyl (C=S) groups is 1. The van der Waals surface area contributed by atoms with Crippen LogP contribution in [0.2, 0.25) is 0 Å². The molecule has 0 spiro atoms. The smallest absolute Gasteiger partial charge is 0.170 e. The second-order valence-electron chi connectivity index (χ2n) is 3.61. The normalized spacial score (nSPS) is 9.88. The van der Waals surface area contributed by atoms with Gasteiger partial charge in [-0.05, 0) is 36.0 Å². The number of nitrogens with one attached hydrogen (secondary N) is 3. The molecule has 1 aromatic heterocycles. The molecule has 0 atom stereocenters. The molecule has 2 aromatic rings. The van der Waals surface area contributed by atoms with Crippen molar-refractivity contribution in [1.29, 1.82) is 5.26 Å². The third-order valence-corrected chi connectivity index (χ3v) is 2.83. The van der Waals surface area contributed by atoms with Crippen LogP contribution in [0.5, 0.6) is 0 Å². The van der Waals surface area contributed by atoms with Crippen molar-refractivity contribution >= 4 is 33.9 Å². The maximum Gasteiger partial charge on any atom is 0.170 e. The average molecular weight is 244 g/mol. The Hall–Kier alpha value is -2.06. The largest absolute Gasteiger partial charge is 0.366 e. The lowest BCUT2D eigenvalue weighted by Crippen LogP contribution is -2.23. The first kappa shape index (κ1) is 11.4. The molecular weight excluding hydrogens is 232 g/mol. The molecular formula is C12H12N4S. The third-order valence-electron chi connectivity index (χ3n) is 2.52. The van der Waals surface area contributed by atoms with Gasteiger partial charge in [-0.1, -0.05) is 0 Å². The Morgan fingerprint density at radius 3 is 3.06 bits per heavy atom. The summed E-state index contributed by atoms with van der Waals surface area (Å²) in [6.45, 7) is 0. The fourth-order valence-electron chi connectivity index (χ4n) is 1.68. The number of hydrogen-bond donors (Lipinski definition) is 3. The zero-order valence-electron chi connectivity index (χ0n) is 9.37. The first-order chi connectivity index (χ1) is 8.24. The fraction of sp³-hybridized carbons (Fsp3) is 0.167. The Balaban J connectivity index is 2.38. The number of H-pyrrole nitrogens is 1. The Morgan fingerprint density at radius 1 is 1.53 bits per heavy atom. The van der Waals surface area contributed by atoms with Gasteiger partial charge in [0.05, 0.1) is 12.5 Å². The van der Waals surface area contributed by atoms with Crippen molar-refractivity contribution in [2.45, 2.75) is 6.42 Å². The van der Waals surface area contributed by atoms with Gasteiger partial charge in [0.25, 0.3) is 0 Å². The molecule has 86 valence electrons. The standard InChI is InChI=1S/C12H12N4S/c1-14-12(17)16-9-2-3-11-10(6-9)8(4-5-13)7-15-11/h2-3,6-7,15H,4H2,1H3,(H2,14,16,17). The molecule has 0 saturated carbocycles. The van der Waals surface area contributed by atoms with Gasteiger partial charge in [0.1, 0.15) is 0 Å². The molecule has 17 heavy (non-hydrogen) atoms. The quantitative estimate of drug-likeness (QED) is 0.708. The molecule has 4 nitrogen and oxygen atoms in total. The summed E-state index contributed by atoms with van der Waals surface area (Å²) in [5.74, 6) is 0. The van der Waals surface area contributed by atoms with E-state index >= 15 is 0 Å². The van der Waals surface area contributed by atoms with E-state index in [9.17, 15) is 0 Å². The van der Waals surface area contributed by atoms with Gasteiger partial charge < -0.3 is 15.6 Å². The van der Waals surface area contributed by atoms with Crippen molar-refractivity contribution < 1.29 is 0 Å². The maximum absolute atomic E-state index is 8.74. The number of fused-ring (bicyclic) bond motifs is 1. The molecule has 0 aliphatic heterocycles. The van der Waals surface area contributed by atoms with Crippen molar-refractivity contribution in [1.82, 2.24) is 10.3 Å². The van der Waals surface area contributed by atoms with Crippen LogP contribution in [0.1, 0.15) is 5.56 Å². The van der Waals surface area contributed by atoms with Gasteiger partial charge in [0.2, 0.25) is 0 Å². The minimum absolute atomic E-state index is 0.403. The number of rotatable bonds is 2. The van der Waals surface area contributed by atoms with E-state index in [0.29, 0.717) is 11.5 Å². The van der Waals surface area contributed by atoms with Gasteiger partial charge in [0, 0.05) is 29.8 Å². The lowest BCUT2D eigenvalue weighted by molar-refractivity contribution is 1.20. The molecule has 0 aliphatic rings. The summed E-state index contributed by atoms with van der Waals surface area (Å²) in [6.07, 6.45) is 2.27. The van der Waals surface area contributed by atoms with Crippen LogP contribution < -0.4 is 10.6 Å². The summed E-state index contributed by atoms with van der Waals surface area (Å²) < 4.78 is 0. The number of benzene rings is 1. The van der Waals surface area contributed by atoms with Gasteiger partial charge in [-0.2, -0.15) is 5.26 Å². The van der Waals surface area contributed by atoms with Crippen LogP contribution in [0.25, 0.3) is 10.9 Å². The Kier molecular flexibility index (Phi) is 3.26. The van der Waals surface area contributed by atoms with Gasteiger partial charge >= 0.3 is 0 Å². The van der Waals surface area contributed by atoms with Crippen LogP contribution in [0.15, 0.2) is 24.4 Å². The van der Waals surface area contributed by atoms with E-state index < -0.39 is 0 Å². The maximum atomic E-state index is 8.74. The number of hydrogen-bond acceptors (Lipinski definition) is 2. The number of nitriles is 1. The number of aromatic amines is 1. The van der Waals surface area contributed by atoms with Crippen LogP contribution in [-0.2, 0) is 6.42 Å². The lowest BCUT2D eigenvalue weighted by atomic mass is 10.1. The van der Waals surface area contributed by atoms with E-state index in [4.69, 9.17) is 17.5 Å². The van der Waals surface area contributed by atoms with Gasteiger partial charge in [-0.3, -0.25) is 0 Å². The van der Waals surface area contributed by atoms with Crippen LogP contribution in [-0.4, -0.2) is 17.1 Å². The second kappa shape index (κ2) is 4.85. The first-order valence-electron chi connectivity index (χ1n) is 5.20. The van der Waals surface area contributed by atoms with E-state index in [1.165, 1.54) is 0 Å². The molecule has 1 aromatic carbocycles. The van der Waals surface area contributed by atoms with Crippen LogP contribution in [0, 0.1) is 11.3 Å². The highest BCUT2D eigenvalue weighted by Crippen LogP contribution is 2.22. The minimum atomic E-state index is 0.403. The summed E-state index contributed by atoms with van der Waals surface area (Å²) >= 11 is 5.04. The molecule has 0 unspecified atom stereocenters. The third kappa shape index (κ3) is 2.37. The highest BCUT2D eigenvalue weighted by molar-refractivity contribution is 7.80. The molecule has 1 heterocycles. The summed E-state index contributed by atoms with van der Waals surface area (Å²) in [7, 11) is 1.77. The second-order valence-corrected chi connectivity index (χ2v) is 4.02. The number of nitrogens with zero attached hydrogens (tertiary/aromatic N) is 1. The molecule has 3 N–H and O–H groups in total. The van der Waals surface area contributed by atoms with Crippen LogP contribution >= 0.6 is 12.2 Å². The summed E-state index contributed by atoms with van der Waals surface area (Å²) in [5.41, 5.74) is 2.94. The Labute approximate surface area is 105 Å². The summed E-state index contributed by atoms with van der Waals surface area (Å²) in [6, 6.07) is 8.06.